The summed E-state index contributed by atoms with van der Waals surface area (Å²) in [7, 11) is 3.43. The van der Waals surface area contributed by atoms with Crippen LogP contribution in [0.5, 0.6) is 5.75 Å². The van der Waals surface area contributed by atoms with Gasteiger partial charge in [0.2, 0.25) is 5.91 Å². The molecule has 156 valence electrons. The second kappa shape index (κ2) is 11.6. The molecule has 0 aliphatic carbocycles. The number of halogens is 1. The van der Waals surface area contributed by atoms with E-state index < -0.39 is 0 Å². The fourth-order valence-corrected chi connectivity index (χ4v) is 3.23. The van der Waals surface area contributed by atoms with Crippen molar-refractivity contribution in [2.45, 2.75) is 32.5 Å². The number of carbonyl (C=O) groups is 1. The van der Waals surface area contributed by atoms with Crippen molar-refractivity contribution in [1.82, 2.24) is 15.5 Å². The van der Waals surface area contributed by atoms with Crippen LogP contribution in [0, 0.1) is 0 Å². The number of carbonyl (C=O) groups excluding carboxylic acids is 1. The molecule has 29 heavy (non-hydrogen) atoms. The van der Waals surface area contributed by atoms with Crippen LogP contribution in [0.4, 0.5) is 0 Å². The van der Waals surface area contributed by atoms with Crippen molar-refractivity contribution in [2.75, 3.05) is 20.7 Å². The fraction of sp³-hybridized carbons (Fsp3) is 0.364. The van der Waals surface area contributed by atoms with Gasteiger partial charge in [0, 0.05) is 39.6 Å². The van der Waals surface area contributed by atoms with Crippen LogP contribution in [0.1, 0.15) is 29.5 Å². The number of hydrogen-bond donors (Lipinski definition) is 2. The van der Waals surface area contributed by atoms with Gasteiger partial charge >= 0.3 is 0 Å². The van der Waals surface area contributed by atoms with Gasteiger partial charge in [-0.15, -0.1) is 24.0 Å². The molecule has 0 spiro atoms. The summed E-state index contributed by atoms with van der Waals surface area (Å²) in [5.74, 6) is 1.85. The Kier molecular flexibility index (Phi) is 9.24. The second-order valence-electron chi connectivity index (χ2n) is 6.87. The molecule has 3 rings (SSSR count). The minimum absolute atomic E-state index is 0. The Morgan fingerprint density at radius 2 is 1.76 bits per heavy atom. The van der Waals surface area contributed by atoms with Gasteiger partial charge in [0.25, 0.3) is 0 Å². The molecule has 1 saturated heterocycles. The van der Waals surface area contributed by atoms with Crippen LogP contribution >= 0.6 is 24.0 Å². The van der Waals surface area contributed by atoms with Gasteiger partial charge in [-0.2, -0.15) is 0 Å². The van der Waals surface area contributed by atoms with Gasteiger partial charge in [-0.05, 0) is 35.2 Å². The Balaban J connectivity index is 0.00000300. The maximum Gasteiger partial charge on any atom is 0.222 e. The predicted octanol–water partition coefficient (Wildman–Crippen LogP) is 3.30. The number of amides is 1. The molecule has 2 aromatic carbocycles. The van der Waals surface area contributed by atoms with Gasteiger partial charge in [0.05, 0.1) is 7.11 Å². The first-order valence-electron chi connectivity index (χ1n) is 9.61. The van der Waals surface area contributed by atoms with E-state index in [-0.39, 0.29) is 29.9 Å². The first-order chi connectivity index (χ1) is 13.7. The molecule has 7 heteroatoms. The summed E-state index contributed by atoms with van der Waals surface area (Å²) in [5, 5.41) is 6.64. The largest absolute Gasteiger partial charge is 0.497 e. The molecule has 0 radical (unpaired) electrons. The molecule has 0 saturated carbocycles. The van der Waals surface area contributed by atoms with Crippen molar-refractivity contribution in [1.29, 1.82) is 0 Å². The number of nitrogens with one attached hydrogen (secondary N) is 2. The topological polar surface area (TPSA) is 66.0 Å². The maximum atomic E-state index is 11.7. The average molecular weight is 508 g/mol. The van der Waals surface area contributed by atoms with Crippen LogP contribution in [-0.4, -0.2) is 37.5 Å². The molecule has 0 aromatic heterocycles. The Morgan fingerprint density at radius 1 is 1.07 bits per heavy atom. The van der Waals surface area contributed by atoms with Gasteiger partial charge in [0.15, 0.2) is 5.96 Å². The van der Waals surface area contributed by atoms with E-state index in [9.17, 15) is 4.79 Å². The third-order valence-electron chi connectivity index (χ3n) is 4.85. The zero-order valence-corrected chi connectivity index (χ0v) is 19.3. The van der Waals surface area contributed by atoms with Crippen LogP contribution in [0.15, 0.2) is 53.5 Å². The summed E-state index contributed by atoms with van der Waals surface area (Å²) in [6.07, 6.45) is 1.66. The van der Waals surface area contributed by atoms with Crippen LogP contribution in [0.3, 0.4) is 0 Å². The van der Waals surface area contributed by atoms with E-state index in [0.29, 0.717) is 26.1 Å². The number of rotatable bonds is 7. The van der Waals surface area contributed by atoms with E-state index in [1.54, 1.807) is 14.2 Å². The molecular weight excluding hydrogens is 479 g/mol. The van der Waals surface area contributed by atoms with Crippen molar-refractivity contribution in [2.24, 2.45) is 4.99 Å². The molecule has 1 heterocycles. The van der Waals surface area contributed by atoms with Gasteiger partial charge in [-0.25, -0.2) is 0 Å². The van der Waals surface area contributed by atoms with Crippen molar-refractivity contribution in [3.8, 4) is 5.75 Å². The second-order valence-corrected chi connectivity index (χ2v) is 6.87. The lowest BCUT2D eigenvalue weighted by molar-refractivity contribution is -0.128. The number of ether oxygens (including phenoxy) is 1. The first kappa shape index (κ1) is 23.0. The van der Waals surface area contributed by atoms with Gasteiger partial charge in [-0.3, -0.25) is 9.79 Å². The Morgan fingerprint density at radius 3 is 2.38 bits per heavy atom. The summed E-state index contributed by atoms with van der Waals surface area (Å²) in [6.45, 7) is 2.92. The Hall–Kier alpha value is -2.29. The summed E-state index contributed by atoms with van der Waals surface area (Å²) in [4.78, 5) is 17.9. The van der Waals surface area contributed by atoms with Crippen LogP contribution in [-0.2, 0) is 24.4 Å². The number of hydrogen-bond acceptors (Lipinski definition) is 3. The SMILES string of the molecule is CN=C(NCc1ccc(CN2CCCC2=O)cc1)NCc1cccc(OC)c1.I. The van der Waals surface area contributed by atoms with Gasteiger partial charge in [0.1, 0.15) is 5.75 Å². The summed E-state index contributed by atoms with van der Waals surface area (Å²) < 4.78 is 5.26. The highest BCUT2D eigenvalue weighted by atomic mass is 127. The Bertz CT molecular complexity index is 824. The lowest BCUT2D eigenvalue weighted by Gasteiger charge is -2.16. The zero-order valence-electron chi connectivity index (χ0n) is 17.0. The highest BCUT2D eigenvalue weighted by molar-refractivity contribution is 14.0. The third-order valence-corrected chi connectivity index (χ3v) is 4.85. The molecule has 0 atom stereocenters. The molecule has 0 unspecified atom stereocenters. The number of guanidine groups is 1. The number of aliphatic imine (C=N–C) groups is 1. The number of likely N-dealkylation sites (tertiary alicyclic amines) is 1. The molecule has 1 fully saturated rings. The molecule has 2 N–H and O–H groups in total. The molecule has 6 nitrogen and oxygen atoms in total. The van der Waals surface area contributed by atoms with Crippen LogP contribution in [0.25, 0.3) is 0 Å². The first-order valence-corrected chi connectivity index (χ1v) is 9.61. The maximum absolute atomic E-state index is 11.7. The predicted molar refractivity (Wildman–Crippen MR) is 127 cm³/mol. The van der Waals surface area contributed by atoms with Crippen molar-refractivity contribution in [3.05, 3.63) is 65.2 Å². The highest BCUT2D eigenvalue weighted by Gasteiger charge is 2.19. The van der Waals surface area contributed by atoms with Crippen molar-refractivity contribution < 1.29 is 9.53 Å². The smallest absolute Gasteiger partial charge is 0.222 e. The van der Waals surface area contributed by atoms with E-state index in [0.717, 1.165) is 30.2 Å². The molecular formula is C22H29IN4O2. The molecule has 1 aliphatic rings. The van der Waals surface area contributed by atoms with E-state index >= 15 is 0 Å². The quantitative estimate of drug-likeness (QED) is 0.342. The number of benzene rings is 2. The summed E-state index contributed by atoms with van der Waals surface area (Å²) >= 11 is 0. The van der Waals surface area contributed by atoms with Crippen molar-refractivity contribution >= 4 is 35.8 Å². The van der Waals surface area contributed by atoms with E-state index in [2.05, 4.69) is 39.9 Å². The molecule has 1 amide bonds. The van der Waals surface area contributed by atoms with Crippen molar-refractivity contribution in [3.63, 3.8) is 0 Å². The number of methoxy groups -OCH3 is 1. The van der Waals surface area contributed by atoms with Crippen LogP contribution in [0.2, 0.25) is 0 Å². The van der Waals surface area contributed by atoms with Gasteiger partial charge in [-0.1, -0.05) is 36.4 Å². The lowest BCUT2D eigenvalue weighted by atomic mass is 10.1. The minimum atomic E-state index is 0. The van der Waals surface area contributed by atoms with E-state index in [4.69, 9.17) is 4.74 Å². The monoisotopic (exact) mass is 508 g/mol. The fourth-order valence-electron chi connectivity index (χ4n) is 3.23. The highest BCUT2D eigenvalue weighted by Crippen LogP contribution is 2.15. The lowest BCUT2D eigenvalue weighted by Crippen LogP contribution is -2.36. The van der Waals surface area contributed by atoms with E-state index in [1.165, 1.54) is 11.1 Å². The normalized spacial score (nSPS) is 13.8. The summed E-state index contributed by atoms with van der Waals surface area (Å²) in [5.41, 5.74) is 3.46. The molecule has 0 bridgehead atoms. The molecule has 1 aliphatic heterocycles. The van der Waals surface area contributed by atoms with E-state index in [1.807, 2.05) is 29.2 Å². The molecule has 2 aromatic rings. The Labute approximate surface area is 189 Å². The third kappa shape index (κ3) is 6.92. The average Bonchev–Trinajstić information content (AvgIpc) is 3.14. The zero-order chi connectivity index (χ0) is 19.8. The standard InChI is InChI=1S/C22H28N4O2.HI/c1-23-22(25-15-19-5-3-6-20(13-19)28-2)24-14-17-8-10-18(11-9-17)16-26-12-4-7-21(26)27;/h3,5-6,8-11,13H,4,7,12,14-16H2,1-2H3,(H2,23,24,25);1H. The van der Waals surface area contributed by atoms with Gasteiger partial charge < -0.3 is 20.3 Å². The van der Waals surface area contributed by atoms with Crippen LogP contribution < -0.4 is 15.4 Å². The number of nitrogens with zero attached hydrogens (tertiary/aromatic N) is 2. The minimum Gasteiger partial charge on any atom is -0.497 e. The summed E-state index contributed by atoms with van der Waals surface area (Å²) in [6, 6.07) is 16.3.